The summed E-state index contributed by atoms with van der Waals surface area (Å²) in [7, 11) is 0. The lowest BCUT2D eigenvalue weighted by molar-refractivity contribution is -0.385. The number of nitrogens with one attached hydrogen (secondary N) is 1. The molecule has 98 valence electrons. The number of aromatic nitrogens is 2. The molecule has 0 unspecified atom stereocenters. The van der Waals surface area contributed by atoms with E-state index in [0.717, 1.165) is 17.6 Å². The van der Waals surface area contributed by atoms with Crippen molar-refractivity contribution in [2.75, 3.05) is 5.32 Å². The summed E-state index contributed by atoms with van der Waals surface area (Å²) in [6.45, 7) is 1.66. The number of carbonyl (C=O) groups excluding carboxylic acids is 1. The van der Waals surface area contributed by atoms with Crippen molar-refractivity contribution in [1.82, 2.24) is 9.36 Å². The van der Waals surface area contributed by atoms with Gasteiger partial charge in [0, 0.05) is 17.6 Å². The second-order valence-corrected chi connectivity index (χ2v) is 4.28. The molecule has 2 N–H and O–H groups in total. The smallest absolute Gasteiger partial charge is 0.311 e. The van der Waals surface area contributed by atoms with Crippen LogP contribution in [0.1, 0.15) is 16.2 Å². The lowest BCUT2D eigenvalue weighted by Gasteiger charge is -2.03. The van der Waals surface area contributed by atoms with Crippen LogP contribution in [0.3, 0.4) is 0 Å². The number of amides is 1. The highest BCUT2D eigenvalue weighted by Gasteiger charge is 2.21. The van der Waals surface area contributed by atoms with E-state index in [9.17, 15) is 20.0 Å². The van der Waals surface area contributed by atoms with Crippen molar-refractivity contribution in [2.24, 2.45) is 0 Å². The zero-order chi connectivity index (χ0) is 14.0. The predicted molar refractivity (Wildman–Crippen MR) is 67.4 cm³/mol. The quantitative estimate of drug-likeness (QED) is 0.652. The molecule has 0 saturated heterocycles. The molecule has 1 aromatic carbocycles. The Hall–Kier alpha value is -2.55. The second-order valence-electron chi connectivity index (χ2n) is 3.53. The zero-order valence-electron chi connectivity index (χ0n) is 9.65. The molecule has 1 heterocycles. The van der Waals surface area contributed by atoms with Crippen molar-refractivity contribution < 1.29 is 14.8 Å². The van der Waals surface area contributed by atoms with Crippen molar-refractivity contribution in [3.8, 4) is 5.75 Å². The maximum Gasteiger partial charge on any atom is 0.311 e. The average molecular weight is 280 g/mol. The van der Waals surface area contributed by atoms with Gasteiger partial charge in [0.15, 0.2) is 0 Å². The minimum Gasteiger partial charge on any atom is -0.502 e. The van der Waals surface area contributed by atoms with E-state index in [1.807, 2.05) is 0 Å². The number of rotatable bonds is 3. The summed E-state index contributed by atoms with van der Waals surface area (Å²) in [6, 6.07) is 3.71. The summed E-state index contributed by atoms with van der Waals surface area (Å²) < 4.78 is 3.88. The number of phenols is 1. The lowest BCUT2D eigenvalue weighted by Crippen LogP contribution is -2.12. The summed E-state index contributed by atoms with van der Waals surface area (Å²) >= 11 is 0.980. The monoisotopic (exact) mass is 280 g/mol. The number of hydrogen-bond donors (Lipinski definition) is 2. The number of para-hydroxylation sites is 1. The first kappa shape index (κ1) is 12.9. The fraction of sp³-hybridized carbons (Fsp3) is 0.100. The van der Waals surface area contributed by atoms with Crippen LogP contribution in [-0.4, -0.2) is 25.3 Å². The molecule has 19 heavy (non-hydrogen) atoms. The molecule has 2 rings (SSSR count). The molecule has 1 amide bonds. The number of hydrogen-bond acceptors (Lipinski definition) is 7. The van der Waals surface area contributed by atoms with Crippen LogP contribution in [0.2, 0.25) is 0 Å². The normalized spacial score (nSPS) is 10.2. The molecular formula is C10H8N4O4S. The van der Waals surface area contributed by atoms with Crippen LogP contribution in [0.4, 0.5) is 10.8 Å². The van der Waals surface area contributed by atoms with Gasteiger partial charge < -0.3 is 5.11 Å². The Labute approximate surface area is 111 Å². The Morgan fingerprint density at radius 1 is 1.53 bits per heavy atom. The molecule has 0 fully saturated rings. The fourth-order valence-electron chi connectivity index (χ4n) is 1.37. The van der Waals surface area contributed by atoms with Crippen LogP contribution < -0.4 is 5.32 Å². The molecule has 0 saturated carbocycles. The highest BCUT2D eigenvalue weighted by atomic mass is 32.1. The molecular weight excluding hydrogens is 272 g/mol. The van der Waals surface area contributed by atoms with E-state index in [0.29, 0.717) is 5.82 Å². The second kappa shape index (κ2) is 4.98. The number of benzene rings is 1. The highest BCUT2D eigenvalue weighted by molar-refractivity contribution is 7.09. The molecule has 0 aliphatic carbocycles. The standard InChI is InChI=1S/C10H8N4O4S/c1-5-11-10(19-13-5)12-9(16)6-3-2-4-7(8(6)15)14(17)18/h2-4,15H,1H3,(H,11,12,13,16). The van der Waals surface area contributed by atoms with Gasteiger partial charge in [0.05, 0.1) is 10.5 Å². The third kappa shape index (κ3) is 2.65. The molecule has 0 atom stereocenters. The molecule has 0 aliphatic rings. The number of carbonyl (C=O) groups is 1. The van der Waals surface area contributed by atoms with Gasteiger partial charge in [-0.25, -0.2) is 4.98 Å². The molecule has 1 aromatic heterocycles. The maximum atomic E-state index is 11.9. The Morgan fingerprint density at radius 3 is 2.84 bits per heavy atom. The first-order chi connectivity index (χ1) is 8.99. The Bertz CT molecular complexity index is 655. The van der Waals surface area contributed by atoms with Gasteiger partial charge in [-0.3, -0.25) is 20.2 Å². The molecule has 0 spiro atoms. The number of phenolic OH excluding ortho intramolecular Hbond substituents is 1. The number of aromatic hydroxyl groups is 1. The number of anilines is 1. The van der Waals surface area contributed by atoms with Crippen molar-refractivity contribution in [2.45, 2.75) is 6.92 Å². The first-order valence-corrected chi connectivity index (χ1v) is 5.84. The van der Waals surface area contributed by atoms with Crippen LogP contribution >= 0.6 is 11.5 Å². The molecule has 0 aliphatic heterocycles. The van der Waals surface area contributed by atoms with Gasteiger partial charge in [0.2, 0.25) is 10.9 Å². The van der Waals surface area contributed by atoms with Crippen molar-refractivity contribution in [3.05, 3.63) is 39.7 Å². The number of nitro benzene ring substituents is 1. The van der Waals surface area contributed by atoms with Gasteiger partial charge in [-0.05, 0) is 13.0 Å². The van der Waals surface area contributed by atoms with E-state index in [-0.39, 0.29) is 10.7 Å². The highest BCUT2D eigenvalue weighted by Crippen LogP contribution is 2.29. The van der Waals surface area contributed by atoms with E-state index in [4.69, 9.17) is 0 Å². The van der Waals surface area contributed by atoms with Crippen LogP contribution in [0.25, 0.3) is 0 Å². The van der Waals surface area contributed by atoms with Crippen LogP contribution in [0.5, 0.6) is 5.75 Å². The fourth-order valence-corrected chi connectivity index (χ4v) is 1.94. The van der Waals surface area contributed by atoms with Gasteiger partial charge in [0.1, 0.15) is 5.82 Å². The minimum absolute atomic E-state index is 0.193. The molecule has 8 nitrogen and oxygen atoms in total. The van der Waals surface area contributed by atoms with E-state index in [1.165, 1.54) is 12.1 Å². The van der Waals surface area contributed by atoms with Crippen molar-refractivity contribution in [3.63, 3.8) is 0 Å². The van der Waals surface area contributed by atoms with Gasteiger partial charge in [-0.15, -0.1) is 0 Å². The maximum absolute atomic E-state index is 11.9. The third-order valence-electron chi connectivity index (χ3n) is 2.20. The van der Waals surface area contributed by atoms with E-state index in [1.54, 1.807) is 6.92 Å². The van der Waals surface area contributed by atoms with Crippen LogP contribution in [0, 0.1) is 17.0 Å². The predicted octanol–water partition coefficient (Wildman–Crippen LogP) is 1.71. The lowest BCUT2D eigenvalue weighted by atomic mass is 10.1. The molecule has 2 aromatic rings. The van der Waals surface area contributed by atoms with Crippen LogP contribution in [-0.2, 0) is 0 Å². The number of aryl methyl sites for hydroxylation is 1. The van der Waals surface area contributed by atoms with E-state index in [2.05, 4.69) is 14.7 Å². The Balaban J connectivity index is 2.29. The number of nitro groups is 1. The average Bonchev–Trinajstić information content (AvgIpc) is 2.74. The van der Waals surface area contributed by atoms with Crippen LogP contribution in [0.15, 0.2) is 18.2 Å². The Morgan fingerprint density at radius 2 is 2.26 bits per heavy atom. The summed E-state index contributed by atoms with van der Waals surface area (Å²) in [6.07, 6.45) is 0. The molecule has 9 heteroatoms. The third-order valence-corrected chi connectivity index (χ3v) is 2.93. The summed E-state index contributed by atoms with van der Waals surface area (Å²) in [5, 5.41) is 23.0. The Kier molecular flexibility index (Phi) is 3.38. The molecule has 0 bridgehead atoms. The van der Waals surface area contributed by atoms with Gasteiger partial charge in [-0.1, -0.05) is 6.07 Å². The zero-order valence-corrected chi connectivity index (χ0v) is 10.5. The van der Waals surface area contributed by atoms with E-state index >= 15 is 0 Å². The topological polar surface area (TPSA) is 118 Å². The van der Waals surface area contributed by atoms with Gasteiger partial charge in [0.25, 0.3) is 5.91 Å². The van der Waals surface area contributed by atoms with Crippen molar-refractivity contribution in [1.29, 1.82) is 0 Å². The van der Waals surface area contributed by atoms with E-state index < -0.39 is 22.3 Å². The summed E-state index contributed by atoms with van der Waals surface area (Å²) in [5.41, 5.74) is -0.719. The minimum atomic E-state index is -0.763. The largest absolute Gasteiger partial charge is 0.502 e. The molecule has 0 radical (unpaired) electrons. The summed E-state index contributed by atoms with van der Waals surface area (Å²) in [5.74, 6) is -0.854. The summed E-state index contributed by atoms with van der Waals surface area (Å²) in [4.78, 5) is 25.7. The van der Waals surface area contributed by atoms with Gasteiger partial charge in [-0.2, -0.15) is 4.37 Å². The van der Waals surface area contributed by atoms with Crippen molar-refractivity contribution >= 4 is 28.3 Å². The first-order valence-electron chi connectivity index (χ1n) is 5.07. The SMILES string of the molecule is Cc1nsc(NC(=O)c2cccc([N+](=O)[O-])c2O)n1. The van der Waals surface area contributed by atoms with Gasteiger partial charge >= 0.3 is 5.69 Å². The number of nitrogens with zero attached hydrogens (tertiary/aromatic N) is 3.